The van der Waals surface area contributed by atoms with Crippen molar-refractivity contribution in [3.63, 3.8) is 0 Å². The van der Waals surface area contributed by atoms with Crippen molar-refractivity contribution in [2.75, 3.05) is 27.4 Å². The van der Waals surface area contributed by atoms with Gasteiger partial charge in [-0.2, -0.15) is 0 Å². The number of carbonyl (C=O) groups excluding carboxylic acids is 1. The van der Waals surface area contributed by atoms with Gasteiger partial charge < -0.3 is 14.2 Å². The fourth-order valence-electron chi connectivity index (χ4n) is 2.93. The number of rotatable bonds is 9. The Hall–Kier alpha value is -1.61. The second-order valence-corrected chi connectivity index (χ2v) is 9.21. The van der Waals surface area contributed by atoms with Crippen molar-refractivity contribution in [3.05, 3.63) is 58.1 Å². The smallest absolute Gasteiger partial charge is 0.242 e. The van der Waals surface area contributed by atoms with E-state index in [0.29, 0.717) is 42.0 Å². The summed E-state index contributed by atoms with van der Waals surface area (Å²) in [5.41, 5.74) is 2.07. The SMILES string of the molecule is COCCN1C(=O)[C@H](Cc2ccc(OCc3ccc(Br)cc3)c(OC)c2)SC1=S. The number of nitrogens with zero attached hydrogens (tertiary/aromatic N) is 1. The maximum absolute atomic E-state index is 12.6. The van der Waals surface area contributed by atoms with Crippen molar-refractivity contribution in [2.45, 2.75) is 18.3 Å². The van der Waals surface area contributed by atoms with Gasteiger partial charge in [-0.3, -0.25) is 9.69 Å². The van der Waals surface area contributed by atoms with Crippen molar-refractivity contribution < 1.29 is 19.0 Å². The first-order valence-corrected chi connectivity index (χ1v) is 11.1. The highest BCUT2D eigenvalue weighted by molar-refractivity contribution is 9.10. The molecule has 1 heterocycles. The lowest BCUT2D eigenvalue weighted by molar-refractivity contribution is -0.126. The van der Waals surface area contributed by atoms with E-state index in [9.17, 15) is 4.79 Å². The third kappa shape index (κ3) is 5.72. The average Bonchev–Trinajstić information content (AvgIpc) is 2.99. The van der Waals surface area contributed by atoms with Crippen LogP contribution < -0.4 is 9.47 Å². The fraction of sp³-hybridized carbons (Fsp3) is 0.333. The van der Waals surface area contributed by atoms with Crippen molar-refractivity contribution in [1.29, 1.82) is 0 Å². The minimum absolute atomic E-state index is 0.0339. The van der Waals surface area contributed by atoms with Gasteiger partial charge in [0.15, 0.2) is 11.5 Å². The monoisotopic (exact) mass is 495 g/mol. The Balaban J connectivity index is 1.64. The molecule has 0 bridgehead atoms. The van der Waals surface area contributed by atoms with Gasteiger partial charge in [-0.05, 0) is 41.8 Å². The summed E-state index contributed by atoms with van der Waals surface area (Å²) in [4.78, 5) is 14.3. The van der Waals surface area contributed by atoms with E-state index in [1.54, 1.807) is 19.1 Å². The standard InChI is InChI=1S/C21H22BrNO4S2/c1-25-10-9-23-20(24)19(29-21(23)28)12-15-5-8-17(18(11-15)26-2)27-13-14-3-6-16(22)7-4-14/h3-8,11,19H,9-10,12-13H2,1-2H3/t19-/m0/s1. The third-order valence-corrected chi connectivity index (χ3v) is 6.59. The minimum Gasteiger partial charge on any atom is -0.493 e. The molecule has 0 aromatic heterocycles. The molecule has 0 saturated carbocycles. The summed E-state index contributed by atoms with van der Waals surface area (Å²) >= 11 is 10.2. The molecule has 3 rings (SSSR count). The first-order chi connectivity index (χ1) is 14.0. The Morgan fingerprint density at radius 2 is 1.83 bits per heavy atom. The highest BCUT2D eigenvalue weighted by atomic mass is 79.9. The maximum atomic E-state index is 12.6. The predicted molar refractivity (Wildman–Crippen MR) is 123 cm³/mol. The van der Waals surface area contributed by atoms with Gasteiger partial charge in [-0.25, -0.2) is 0 Å². The molecule has 1 saturated heterocycles. The molecule has 1 aliphatic heterocycles. The second kappa shape index (κ2) is 10.4. The lowest BCUT2D eigenvalue weighted by Gasteiger charge is -2.15. The zero-order valence-electron chi connectivity index (χ0n) is 16.2. The van der Waals surface area contributed by atoms with Crippen LogP contribution in [0.3, 0.4) is 0 Å². The molecule has 1 aliphatic rings. The highest BCUT2D eigenvalue weighted by Crippen LogP contribution is 2.33. The summed E-state index contributed by atoms with van der Waals surface area (Å²) < 4.78 is 18.1. The zero-order valence-corrected chi connectivity index (χ0v) is 19.4. The van der Waals surface area contributed by atoms with Crippen molar-refractivity contribution in [1.82, 2.24) is 4.90 Å². The lowest BCUT2D eigenvalue weighted by atomic mass is 10.1. The number of thiocarbonyl (C=S) groups is 1. The molecule has 0 N–H and O–H groups in total. The lowest BCUT2D eigenvalue weighted by Crippen LogP contribution is -2.34. The van der Waals surface area contributed by atoms with Gasteiger partial charge in [0.05, 0.1) is 25.5 Å². The van der Waals surface area contributed by atoms with Crippen LogP contribution in [-0.4, -0.2) is 47.7 Å². The van der Waals surface area contributed by atoms with E-state index in [1.807, 2.05) is 42.5 Å². The number of ether oxygens (including phenoxy) is 3. The van der Waals surface area contributed by atoms with Gasteiger partial charge in [-0.15, -0.1) is 0 Å². The van der Waals surface area contributed by atoms with E-state index in [0.717, 1.165) is 15.6 Å². The number of thioether (sulfide) groups is 1. The summed E-state index contributed by atoms with van der Waals surface area (Å²) in [6, 6.07) is 13.8. The topological polar surface area (TPSA) is 48.0 Å². The molecule has 5 nitrogen and oxygen atoms in total. The first kappa shape index (κ1) is 22.1. The summed E-state index contributed by atoms with van der Waals surface area (Å²) in [6.45, 7) is 1.41. The van der Waals surface area contributed by atoms with Gasteiger partial charge in [0, 0.05) is 11.6 Å². The minimum atomic E-state index is -0.224. The molecular formula is C21H22BrNO4S2. The molecular weight excluding hydrogens is 474 g/mol. The summed E-state index contributed by atoms with van der Waals surface area (Å²) in [5.74, 6) is 1.35. The summed E-state index contributed by atoms with van der Waals surface area (Å²) in [5, 5.41) is -0.224. The van der Waals surface area contributed by atoms with E-state index < -0.39 is 0 Å². The largest absolute Gasteiger partial charge is 0.493 e. The molecule has 0 unspecified atom stereocenters. The molecule has 29 heavy (non-hydrogen) atoms. The molecule has 2 aromatic rings. The quantitative estimate of drug-likeness (QED) is 0.478. The molecule has 1 amide bonds. The molecule has 0 aliphatic carbocycles. The van der Waals surface area contributed by atoms with Gasteiger partial charge >= 0.3 is 0 Å². The molecule has 1 fully saturated rings. The highest BCUT2D eigenvalue weighted by Gasteiger charge is 2.36. The number of methoxy groups -OCH3 is 2. The van der Waals surface area contributed by atoms with Gasteiger partial charge in [-0.1, -0.05) is 58.1 Å². The number of hydrogen-bond donors (Lipinski definition) is 0. The average molecular weight is 496 g/mol. The van der Waals surface area contributed by atoms with Crippen LogP contribution in [0.25, 0.3) is 0 Å². The van der Waals surface area contributed by atoms with Crippen molar-refractivity contribution >= 4 is 50.1 Å². The van der Waals surface area contributed by atoms with E-state index in [1.165, 1.54) is 11.8 Å². The molecule has 154 valence electrons. The van der Waals surface area contributed by atoms with E-state index >= 15 is 0 Å². The summed E-state index contributed by atoms with van der Waals surface area (Å²) in [7, 11) is 3.23. The van der Waals surface area contributed by atoms with Crippen LogP contribution in [0.4, 0.5) is 0 Å². The van der Waals surface area contributed by atoms with Crippen LogP contribution in [0.1, 0.15) is 11.1 Å². The van der Waals surface area contributed by atoms with E-state index in [4.69, 9.17) is 26.4 Å². The number of halogens is 1. The Labute approximate surface area is 188 Å². The Morgan fingerprint density at radius 3 is 2.52 bits per heavy atom. The van der Waals surface area contributed by atoms with Crippen LogP contribution in [0, 0.1) is 0 Å². The normalized spacial score (nSPS) is 16.4. The number of carbonyl (C=O) groups is 1. The molecule has 0 spiro atoms. The zero-order chi connectivity index (χ0) is 20.8. The Bertz CT molecular complexity index is 875. The van der Waals surface area contributed by atoms with E-state index in [2.05, 4.69) is 15.9 Å². The molecule has 2 aromatic carbocycles. The Morgan fingerprint density at radius 1 is 1.10 bits per heavy atom. The van der Waals surface area contributed by atoms with Gasteiger partial charge in [0.2, 0.25) is 5.91 Å². The number of benzene rings is 2. The van der Waals surface area contributed by atoms with Crippen LogP contribution in [0.2, 0.25) is 0 Å². The van der Waals surface area contributed by atoms with Crippen LogP contribution >= 0.6 is 39.9 Å². The van der Waals surface area contributed by atoms with Crippen LogP contribution in [0.5, 0.6) is 11.5 Å². The third-order valence-electron chi connectivity index (χ3n) is 4.48. The summed E-state index contributed by atoms with van der Waals surface area (Å²) in [6.07, 6.45) is 0.580. The van der Waals surface area contributed by atoms with Gasteiger partial charge in [0.25, 0.3) is 0 Å². The maximum Gasteiger partial charge on any atom is 0.242 e. The van der Waals surface area contributed by atoms with Crippen LogP contribution in [0.15, 0.2) is 46.9 Å². The van der Waals surface area contributed by atoms with Crippen molar-refractivity contribution in [3.8, 4) is 11.5 Å². The van der Waals surface area contributed by atoms with Crippen LogP contribution in [-0.2, 0) is 22.6 Å². The molecule has 0 radical (unpaired) electrons. The second-order valence-electron chi connectivity index (χ2n) is 6.46. The predicted octanol–water partition coefficient (Wildman–Crippen LogP) is 4.45. The molecule has 1 atom stereocenters. The van der Waals surface area contributed by atoms with E-state index in [-0.39, 0.29) is 11.2 Å². The first-order valence-electron chi connectivity index (χ1n) is 9.07. The van der Waals surface area contributed by atoms with Crippen molar-refractivity contribution in [2.24, 2.45) is 0 Å². The Kier molecular flexibility index (Phi) is 7.94. The van der Waals surface area contributed by atoms with Gasteiger partial charge in [0.1, 0.15) is 10.9 Å². The molecule has 8 heteroatoms. The number of amides is 1. The number of hydrogen-bond acceptors (Lipinski definition) is 6. The fourth-order valence-corrected chi connectivity index (χ4v) is 4.78.